The summed E-state index contributed by atoms with van der Waals surface area (Å²) in [5, 5.41) is 10.8. The summed E-state index contributed by atoms with van der Waals surface area (Å²) in [5.41, 5.74) is 1.01. The van der Waals surface area contributed by atoms with Crippen molar-refractivity contribution in [1.29, 1.82) is 0 Å². The number of methoxy groups -OCH3 is 1. The molecule has 0 spiro atoms. The maximum absolute atomic E-state index is 10.8. The standard InChI is InChI=1S/C20H28O7/c1-19(2)24-14-13(21)15-18(27-20(3,4)25-15)16(17(14)26-19)23-10-11-6-8-12(22-5)9-7-11/h6-9,13-18,21H,10H2,1-5H3/t13?,14-,15+,16?,17-,18-/m1/s1. The zero-order valence-electron chi connectivity index (χ0n) is 16.4. The third kappa shape index (κ3) is 3.60. The maximum atomic E-state index is 10.8. The van der Waals surface area contributed by atoms with Gasteiger partial charge < -0.3 is 33.5 Å². The third-order valence-corrected chi connectivity index (χ3v) is 5.25. The fourth-order valence-electron chi connectivity index (χ4n) is 4.15. The zero-order chi connectivity index (χ0) is 19.4. The van der Waals surface area contributed by atoms with Gasteiger partial charge >= 0.3 is 0 Å². The summed E-state index contributed by atoms with van der Waals surface area (Å²) in [6, 6.07) is 7.70. The normalized spacial score (nSPS) is 39.0. The van der Waals surface area contributed by atoms with Gasteiger partial charge in [-0.15, -0.1) is 0 Å². The van der Waals surface area contributed by atoms with Crippen LogP contribution < -0.4 is 4.74 Å². The largest absolute Gasteiger partial charge is 0.497 e. The summed E-state index contributed by atoms with van der Waals surface area (Å²) in [6.45, 7) is 7.71. The highest BCUT2D eigenvalue weighted by Crippen LogP contribution is 2.45. The van der Waals surface area contributed by atoms with Gasteiger partial charge in [0.15, 0.2) is 11.6 Å². The van der Waals surface area contributed by atoms with Gasteiger partial charge in [-0.3, -0.25) is 0 Å². The summed E-state index contributed by atoms with van der Waals surface area (Å²) in [4.78, 5) is 0. The van der Waals surface area contributed by atoms with E-state index in [4.69, 9.17) is 28.4 Å². The lowest BCUT2D eigenvalue weighted by Gasteiger charge is -2.40. The van der Waals surface area contributed by atoms with E-state index < -0.39 is 48.2 Å². The van der Waals surface area contributed by atoms with Crippen LogP contribution in [0.15, 0.2) is 24.3 Å². The van der Waals surface area contributed by atoms with Gasteiger partial charge in [-0.05, 0) is 45.4 Å². The molecular formula is C20H28O7. The fourth-order valence-corrected chi connectivity index (χ4v) is 4.15. The van der Waals surface area contributed by atoms with E-state index in [2.05, 4.69) is 0 Å². The van der Waals surface area contributed by atoms with Gasteiger partial charge in [0, 0.05) is 0 Å². The molecule has 2 saturated heterocycles. The number of fused-ring (bicyclic) bond motifs is 2. The monoisotopic (exact) mass is 380 g/mol. The molecule has 2 aliphatic heterocycles. The predicted molar refractivity (Wildman–Crippen MR) is 95.2 cm³/mol. The van der Waals surface area contributed by atoms with Gasteiger partial charge in [-0.2, -0.15) is 0 Å². The Morgan fingerprint density at radius 2 is 1.33 bits per heavy atom. The molecule has 1 aromatic carbocycles. The lowest BCUT2D eigenvalue weighted by atomic mass is 9.85. The van der Waals surface area contributed by atoms with Crippen molar-refractivity contribution in [2.24, 2.45) is 0 Å². The van der Waals surface area contributed by atoms with Gasteiger partial charge in [0.25, 0.3) is 0 Å². The molecule has 1 saturated carbocycles. The number of aliphatic hydroxyl groups excluding tert-OH is 1. The first-order valence-electron chi connectivity index (χ1n) is 9.33. The van der Waals surface area contributed by atoms with E-state index in [-0.39, 0.29) is 0 Å². The molecule has 2 unspecified atom stereocenters. The van der Waals surface area contributed by atoms with E-state index in [0.717, 1.165) is 11.3 Å². The van der Waals surface area contributed by atoms with E-state index in [0.29, 0.717) is 6.61 Å². The number of rotatable bonds is 4. The second-order valence-electron chi connectivity index (χ2n) is 8.24. The van der Waals surface area contributed by atoms with Crippen LogP contribution in [0.25, 0.3) is 0 Å². The zero-order valence-corrected chi connectivity index (χ0v) is 16.4. The molecule has 3 aliphatic rings. The van der Waals surface area contributed by atoms with Crippen LogP contribution in [0.3, 0.4) is 0 Å². The summed E-state index contributed by atoms with van der Waals surface area (Å²) >= 11 is 0. The molecule has 27 heavy (non-hydrogen) atoms. The van der Waals surface area contributed by atoms with Crippen LogP contribution >= 0.6 is 0 Å². The molecule has 150 valence electrons. The first-order chi connectivity index (χ1) is 12.7. The van der Waals surface area contributed by atoms with Crippen LogP contribution in [-0.4, -0.2) is 60.4 Å². The Kier molecular flexibility index (Phi) is 4.73. The van der Waals surface area contributed by atoms with E-state index in [1.165, 1.54) is 0 Å². The van der Waals surface area contributed by atoms with Crippen molar-refractivity contribution in [3.05, 3.63) is 29.8 Å². The van der Waals surface area contributed by atoms with Gasteiger partial charge in [0.2, 0.25) is 0 Å². The minimum atomic E-state index is -0.843. The van der Waals surface area contributed by atoms with Crippen LogP contribution in [0.5, 0.6) is 5.75 Å². The highest BCUT2D eigenvalue weighted by molar-refractivity contribution is 5.26. The number of ether oxygens (including phenoxy) is 6. The smallest absolute Gasteiger partial charge is 0.164 e. The second kappa shape index (κ2) is 6.69. The van der Waals surface area contributed by atoms with Crippen molar-refractivity contribution in [3.63, 3.8) is 0 Å². The molecule has 7 heteroatoms. The lowest BCUT2D eigenvalue weighted by molar-refractivity contribution is -0.190. The Labute approximate surface area is 159 Å². The van der Waals surface area contributed by atoms with E-state index in [1.54, 1.807) is 7.11 Å². The summed E-state index contributed by atoms with van der Waals surface area (Å²) < 4.78 is 35.5. The Bertz CT molecular complexity index is 639. The molecule has 0 amide bonds. The lowest BCUT2D eigenvalue weighted by Crippen LogP contribution is -2.62. The Morgan fingerprint density at radius 1 is 0.852 bits per heavy atom. The van der Waals surface area contributed by atoms with Crippen molar-refractivity contribution >= 4 is 0 Å². The maximum Gasteiger partial charge on any atom is 0.164 e. The summed E-state index contributed by atoms with van der Waals surface area (Å²) in [7, 11) is 1.64. The third-order valence-electron chi connectivity index (χ3n) is 5.25. The fraction of sp³-hybridized carbons (Fsp3) is 0.700. The molecular weight excluding hydrogens is 352 g/mol. The molecule has 1 N–H and O–H groups in total. The molecule has 2 heterocycles. The molecule has 6 atom stereocenters. The Morgan fingerprint density at radius 3 is 1.81 bits per heavy atom. The molecule has 0 radical (unpaired) electrons. The van der Waals surface area contributed by atoms with Crippen LogP contribution in [-0.2, 0) is 30.3 Å². The number of benzene rings is 1. The number of hydrogen-bond acceptors (Lipinski definition) is 7. The highest BCUT2D eigenvalue weighted by atomic mass is 16.8. The van der Waals surface area contributed by atoms with Crippen molar-refractivity contribution in [3.8, 4) is 5.75 Å². The number of hydrogen-bond donors (Lipinski definition) is 1. The van der Waals surface area contributed by atoms with Crippen molar-refractivity contribution < 1.29 is 33.5 Å². The van der Waals surface area contributed by atoms with Gasteiger partial charge in [0.1, 0.15) is 42.4 Å². The quantitative estimate of drug-likeness (QED) is 0.856. The van der Waals surface area contributed by atoms with Crippen LogP contribution in [0, 0.1) is 0 Å². The molecule has 0 aromatic heterocycles. The molecule has 1 aliphatic carbocycles. The second-order valence-corrected chi connectivity index (χ2v) is 8.24. The van der Waals surface area contributed by atoms with Gasteiger partial charge in [-0.1, -0.05) is 12.1 Å². The Hall–Kier alpha value is -1.22. The van der Waals surface area contributed by atoms with Crippen LogP contribution in [0.4, 0.5) is 0 Å². The van der Waals surface area contributed by atoms with Crippen molar-refractivity contribution in [2.45, 2.75) is 82.5 Å². The molecule has 3 fully saturated rings. The Balaban J connectivity index is 1.55. The summed E-state index contributed by atoms with van der Waals surface area (Å²) in [6.07, 6.45) is -3.20. The van der Waals surface area contributed by atoms with Crippen LogP contribution in [0.1, 0.15) is 33.3 Å². The first kappa shape index (κ1) is 19.1. The molecule has 4 rings (SSSR count). The van der Waals surface area contributed by atoms with Crippen molar-refractivity contribution in [1.82, 2.24) is 0 Å². The van der Waals surface area contributed by atoms with Crippen molar-refractivity contribution in [2.75, 3.05) is 7.11 Å². The van der Waals surface area contributed by atoms with Crippen LogP contribution in [0.2, 0.25) is 0 Å². The molecule has 7 nitrogen and oxygen atoms in total. The topological polar surface area (TPSA) is 75.6 Å². The average Bonchev–Trinajstić information content (AvgIpc) is 3.11. The van der Waals surface area contributed by atoms with E-state index in [9.17, 15) is 5.11 Å². The molecule has 1 aromatic rings. The SMILES string of the molecule is COc1ccc(COC2[C@@H]3OC(C)(C)O[C@@H]3C(O)[C@@H]3OC(C)(C)O[C@@H]23)cc1. The summed E-state index contributed by atoms with van der Waals surface area (Å²) in [5.74, 6) is -0.804. The van der Waals surface area contributed by atoms with E-state index in [1.807, 2.05) is 52.0 Å². The molecule has 0 bridgehead atoms. The van der Waals surface area contributed by atoms with E-state index >= 15 is 0 Å². The average molecular weight is 380 g/mol. The number of aliphatic hydroxyl groups is 1. The van der Waals surface area contributed by atoms with Gasteiger partial charge in [-0.25, -0.2) is 0 Å². The minimum absolute atomic E-state index is 0.380. The highest BCUT2D eigenvalue weighted by Gasteiger charge is 2.63. The predicted octanol–water partition coefficient (Wildman–Crippen LogP) is 2.00. The van der Waals surface area contributed by atoms with Gasteiger partial charge in [0.05, 0.1) is 13.7 Å². The first-order valence-corrected chi connectivity index (χ1v) is 9.33. The minimum Gasteiger partial charge on any atom is -0.497 e.